The van der Waals surface area contributed by atoms with Crippen LogP contribution in [-0.4, -0.2) is 31.0 Å². The molecule has 1 saturated carbocycles. The molecule has 1 aliphatic rings. The summed E-state index contributed by atoms with van der Waals surface area (Å²) in [5, 5.41) is 0. The van der Waals surface area contributed by atoms with Crippen molar-refractivity contribution in [2.24, 2.45) is 5.92 Å². The van der Waals surface area contributed by atoms with Gasteiger partial charge < -0.3 is 15.4 Å². The smallest absolute Gasteiger partial charge is 0.259 e. The molecule has 1 aromatic carbocycles. The predicted octanol–water partition coefficient (Wildman–Crippen LogP) is 2.15. The highest BCUT2D eigenvalue weighted by Crippen LogP contribution is 2.31. The maximum Gasteiger partial charge on any atom is 0.259 e. The summed E-state index contributed by atoms with van der Waals surface area (Å²) in [7, 11) is 1.82. The van der Waals surface area contributed by atoms with E-state index >= 15 is 0 Å². The molecule has 0 unspecified atom stereocenters. The zero-order valence-electron chi connectivity index (χ0n) is 11.0. The second-order valence-electron chi connectivity index (χ2n) is 4.78. The van der Waals surface area contributed by atoms with Gasteiger partial charge in [0.25, 0.3) is 5.91 Å². The van der Waals surface area contributed by atoms with Crippen molar-refractivity contribution in [3.8, 4) is 5.75 Å². The van der Waals surface area contributed by atoms with E-state index in [0.717, 1.165) is 6.54 Å². The SMILES string of the molecule is CCOc1cccc(N)c1C(=O)N(C)CC1CC1. The number of carbonyl (C=O) groups is 1. The number of nitrogens with zero attached hydrogens (tertiary/aromatic N) is 1. The highest BCUT2D eigenvalue weighted by atomic mass is 16.5. The Kier molecular flexibility index (Phi) is 3.75. The molecule has 1 aromatic rings. The summed E-state index contributed by atoms with van der Waals surface area (Å²) >= 11 is 0. The fraction of sp³-hybridized carbons (Fsp3) is 0.500. The maximum absolute atomic E-state index is 12.4. The Labute approximate surface area is 108 Å². The van der Waals surface area contributed by atoms with Gasteiger partial charge >= 0.3 is 0 Å². The maximum atomic E-state index is 12.4. The number of hydrogen-bond acceptors (Lipinski definition) is 3. The third-order valence-corrected chi connectivity index (χ3v) is 3.15. The third kappa shape index (κ3) is 2.75. The van der Waals surface area contributed by atoms with E-state index in [1.807, 2.05) is 14.0 Å². The van der Waals surface area contributed by atoms with Crippen LogP contribution in [0.2, 0.25) is 0 Å². The summed E-state index contributed by atoms with van der Waals surface area (Å²) in [4.78, 5) is 14.1. The van der Waals surface area contributed by atoms with Crippen molar-refractivity contribution in [1.29, 1.82) is 0 Å². The first-order valence-corrected chi connectivity index (χ1v) is 6.40. The minimum absolute atomic E-state index is 0.0524. The van der Waals surface area contributed by atoms with Gasteiger partial charge in [0.1, 0.15) is 11.3 Å². The lowest BCUT2D eigenvalue weighted by Gasteiger charge is -2.20. The molecule has 0 aromatic heterocycles. The van der Waals surface area contributed by atoms with Gasteiger partial charge in [-0.05, 0) is 37.8 Å². The van der Waals surface area contributed by atoms with Gasteiger partial charge in [0.05, 0.1) is 6.61 Å². The standard InChI is InChI=1S/C14H20N2O2/c1-3-18-12-6-4-5-11(15)13(12)14(17)16(2)9-10-7-8-10/h4-6,10H,3,7-9,15H2,1-2H3. The number of rotatable bonds is 5. The van der Waals surface area contributed by atoms with Gasteiger partial charge in [-0.25, -0.2) is 0 Å². The Morgan fingerprint density at radius 1 is 1.50 bits per heavy atom. The molecule has 0 aliphatic heterocycles. The molecule has 2 N–H and O–H groups in total. The number of amides is 1. The Morgan fingerprint density at radius 2 is 2.22 bits per heavy atom. The van der Waals surface area contributed by atoms with Crippen molar-refractivity contribution in [2.45, 2.75) is 19.8 Å². The number of benzene rings is 1. The van der Waals surface area contributed by atoms with Crippen LogP contribution in [0.5, 0.6) is 5.75 Å². The largest absolute Gasteiger partial charge is 0.493 e. The highest BCUT2D eigenvalue weighted by Gasteiger charge is 2.27. The summed E-state index contributed by atoms with van der Waals surface area (Å²) in [5.74, 6) is 1.19. The van der Waals surface area contributed by atoms with E-state index in [1.165, 1.54) is 12.8 Å². The van der Waals surface area contributed by atoms with Gasteiger partial charge in [-0.15, -0.1) is 0 Å². The molecule has 1 fully saturated rings. The van der Waals surface area contributed by atoms with Gasteiger partial charge in [0.15, 0.2) is 0 Å². The van der Waals surface area contributed by atoms with Crippen molar-refractivity contribution >= 4 is 11.6 Å². The minimum Gasteiger partial charge on any atom is -0.493 e. The number of carbonyl (C=O) groups excluding carboxylic acids is 1. The average molecular weight is 248 g/mol. The van der Waals surface area contributed by atoms with Crippen LogP contribution >= 0.6 is 0 Å². The van der Waals surface area contributed by atoms with E-state index < -0.39 is 0 Å². The second-order valence-corrected chi connectivity index (χ2v) is 4.78. The predicted molar refractivity (Wildman–Crippen MR) is 71.7 cm³/mol. The molecule has 0 atom stereocenters. The molecule has 0 saturated heterocycles. The fourth-order valence-electron chi connectivity index (χ4n) is 2.01. The van der Waals surface area contributed by atoms with Crippen LogP contribution in [0.4, 0.5) is 5.69 Å². The van der Waals surface area contributed by atoms with Crippen molar-refractivity contribution in [2.75, 3.05) is 25.9 Å². The van der Waals surface area contributed by atoms with Crippen molar-refractivity contribution in [1.82, 2.24) is 4.90 Å². The first-order valence-electron chi connectivity index (χ1n) is 6.40. The normalized spacial score (nSPS) is 14.3. The van der Waals surface area contributed by atoms with Crippen LogP contribution < -0.4 is 10.5 Å². The Balaban J connectivity index is 2.21. The van der Waals surface area contributed by atoms with Gasteiger partial charge in [-0.3, -0.25) is 4.79 Å². The molecule has 0 bridgehead atoms. The first-order chi connectivity index (χ1) is 8.63. The molecule has 98 valence electrons. The van der Waals surface area contributed by atoms with Gasteiger partial charge in [-0.2, -0.15) is 0 Å². The molecule has 18 heavy (non-hydrogen) atoms. The Hall–Kier alpha value is -1.71. The topological polar surface area (TPSA) is 55.6 Å². The number of anilines is 1. The molecule has 0 spiro atoms. The zero-order chi connectivity index (χ0) is 13.1. The van der Waals surface area contributed by atoms with Crippen molar-refractivity contribution in [3.63, 3.8) is 0 Å². The van der Waals surface area contributed by atoms with Gasteiger partial charge in [0, 0.05) is 19.3 Å². The van der Waals surface area contributed by atoms with Crippen LogP contribution in [-0.2, 0) is 0 Å². The fourth-order valence-corrected chi connectivity index (χ4v) is 2.01. The number of nitrogens with two attached hydrogens (primary N) is 1. The van der Waals surface area contributed by atoms with E-state index in [-0.39, 0.29) is 5.91 Å². The van der Waals surface area contributed by atoms with E-state index in [9.17, 15) is 4.79 Å². The number of ether oxygens (including phenoxy) is 1. The van der Waals surface area contributed by atoms with Crippen LogP contribution in [0, 0.1) is 5.92 Å². The van der Waals surface area contributed by atoms with Crippen LogP contribution in [0.25, 0.3) is 0 Å². The summed E-state index contributed by atoms with van der Waals surface area (Å²) in [6.07, 6.45) is 2.44. The molecule has 4 nitrogen and oxygen atoms in total. The summed E-state index contributed by atoms with van der Waals surface area (Å²) in [6.45, 7) is 3.22. The Morgan fingerprint density at radius 3 is 2.83 bits per heavy atom. The highest BCUT2D eigenvalue weighted by molar-refractivity contribution is 6.01. The third-order valence-electron chi connectivity index (χ3n) is 3.15. The molecule has 2 rings (SSSR count). The zero-order valence-corrected chi connectivity index (χ0v) is 11.0. The summed E-state index contributed by atoms with van der Waals surface area (Å²) < 4.78 is 5.48. The monoisotopic (exact) mass is 248 g/mol. The molecule has 0 radical (unpaired) electrons. The molecule has 4 heteroatoms. The van der Waals surface area contributed by atoms with E-state index in [0.29, 0.717) is 29.5 Å². The van der Waals surface area contributed by atoms with Gasteiger partial charge in [-0.1, -0.05) is 6.07 Å². The van der Waals surface area contributed by atoms with Crippen LogP contribution in [0.3, 0.4) is 0 Å². The van der Waals surface area contributed by atoms with E-state index in [2.05, 4.69) is 0 Å². The molecular weight excluding hydrogens is 228 g/mol. The van der Waals surface area contributed by atoms with Gasteiger partial charge in [0.2, 0.25) is 0 Å². The first kappa shape index (κ1) is 12.7. The quantitative estimate of drug-likeness (QED) is 0.812. The molecule has 1 amide bonds. The Bertz CT molecular complexity index is 441. The summed E-state index contributed by atoms with van der Waals surface area (Å²) in [6, 6.07) is 5.33. The molecular formula is C14H20N2O2. The lowest BCUT2D eigenvalue weighted by Crippen LogP contribution is -2.29. The lowest BCUT2D eigenvalue weighted by atomic mass is 10.1. The van der Waals surface area contributed by atoms with Crippen LogP contribution in [0.15, 0.2) is 18.2 Å². The van der Waals surface area contributed by atoms with Crippen molar-refractivity contribution in [3.05, 3.63) is 23.8 Å². The minimum atomic E-state index is -0.0524. The van der Waals surface area contributed by atoms with E-state index in [4.69, 9.17) is 10.5 Å². The average Bonchev–Trinajstić information content (AvgIpc) is 3.13. The van der Waals surface area contributed by atoms with E-state index in [1.54, 1.807) is 23.1 Å². The second kappa shape index (κ2) is 5.29. The lowest BCUT2D eigenvalue weighted by molar-refractivity contribution is 0.0785. The summed E-state index contributed by atoms with van der Waals surface area (Å²) in [5.41, 5.74) is 6.88. The molecule has 1 aliphatic carbocycles. The number of hydrogen-bond donors (Lipinski definition) is 1. The van der Waals surface area contributed by atoms with Crippen LogP contribution in [0.1, 0.15) is 30.1 Å². The van der Waals surface area contributed by atoms with Crippen molar-refractivity contribution < 1.29 is 9.53 Å². The number of nitrogen functional groups attached to an aromatic ring is 1. The molecule has 0 heterocycles.